The zero-order chi connectivity index (χ0) is 29.5. The molecule has 8 heteroatoms. The summed E-state index contributed by atoms with van der Waals surface area (Å²) < 4.78 is 0. The standard InChI is InChI=1S/C34H39N7O/c1-26-21-27(9-6-12-35)31(34(42)41-19-17-40(18-20-41)33-11-5-3-8-29(33)24-37)22-30(26)25-38-13-15-39(16-14-38)32-10-4-2-7-28(32)23-36/h2-5,7-8,10-11,21-22H,6,9,12-20,25,35H2,1H3. The van der Waals surface area contributed by atoms with Crippen molar-refractivity contribution < 1.29 is 4.79 Å². The number of amides is 1. The van der Waals surface area contributed by atoms with Crippen LogP contribution in [0.5, 0.6) is 0 Å². The van der Waals surface area contributed by atoms with Gasteiger partial charge in [-0.25, -0.2) is 0 Å². The molecule has 2 N–H and O–H groups in total. The van der Waals surface area contributed by atoms with Crippen molar-refractivity contribution in [1.82, 2.24) is 9.80 Å². The van der Waals surface area contributed by atoms with Crippen LogP contribution in [0.3, 0.4) is 0 Å². The smallest absolute Gasteiger partial charge is 0.254 e. The van der Waals surface area contributed by atoms with E-state index in [1.54, 1.807) is 0 Å². The molecule has 2 heterocycles. The van der Waals surface area contributed by atoms with Crippen LogP contribution >= 0.6 is 0 Å². The number of aryl methyl sites for hydroxylation is 2. The summed E-state index contributed by atoms with van der Waals surface area (Å²) in [6, 6.07) is 24.4. The summed E-state index contributed by atoms with van der Waals surface area (Å²) in [4.78, 5) is 22.8. The molecule has 1 amide bonds. The number of nitrogens with two attached hydrogens (primary N) is 1. The van der Waals surface area contributed by atoms with Crippen molar-refractivity contribution in [1.29, 1.82) is 10.5 Å². The van der Waals surface area contributed by atoms with Crippen molar-refractivity contribution in [3.05, 3.63) is 94.0 Å². The maximum absolute atomic E-state index is 13.9. The highest BCUT2D eigenvalue weighted by molar-refractivity contribution is 5.96. The molecule has 2 saturated heterocycles. The number of benzene rings is 3. The van der Waals surface area contributed by atoms with E-state index in [2.05, 4.69) is 45.9 Å². The lowest BCUT2D eigenvalue weighted by atomic mass is 9.94. The highest BCUT2D eigenvalue weighted by Gasteiger charge is 2.26. The number of nitrogens with zero attached hydrogens (tertiary/aromatic N) is 6. The van der Waals surface area contributed by atoms with Gasteiger partial charge in [0, 0.05) is 64.5 Å². The van der Waals surface area contributed by atoms with Crippen molar-refractivity contribution in [2.75, 3.05) is 68.7 Å². The number of hydrogen-bond acceptors (Lipinski definition) is 7. The molecule has 3 aromatic rings. The Morgan fingerprint density at radius 3 is 1.88 bits per heavy atom. The van der Waals surface area contributed by atoms with Crippen molar-refractivity contribution >= 4 is 17.3 Å². The Morgan fingerprint density at radius 1 is 0.786 bits per heavy atom. The second kappa shape index (κ2) is 13.5. The molecule has 0 unspecified atom stereocenters. The normalized spacial score (nSPS) is 15.8. The van der Waals surface area contributed by atoms with Crippen LogP contribution in [0.1, 0.15) is 44.6 Å². The maximum atomic E-state index is 13.9. The van der Waals surface area contributed by atoms with Crippen LogP contribution in [-0.2, 0) is 13.0 Å². The van der Waals surface area contributed by atoms with Gasteiger partial charge in [0.15, 0.2) is 0 Å². The Bertz CT molecular complexity index is 1490. The molecule has 0 atom stereocenters. The van der Waals surface area contributed by atoms with Gasteiger partial charge in [-0.3, -0.25) is 9.69 Å². The van der Waals surface area contributed by atoms with Crippen LogP contribution in [0.2, 0.25) is 0 Å². The van der Waals surface area contributed by atoms with E-state index in [0.717, 1.165) is 68.1 Å². The predicted octanol–water partition coefficient (Wildman–Crippen LogP) is 3.91. The minimum atomic E-state index is 0.0782. The second-order valence-electron chi connectivity index (χ2n) is 11.1. The SMILES string of the molecule is Cc1cc(CCCN)c(C(=O)N2CCN(c3ccccc3C#N)CC2)cc1CN1CCN(c2ccccc2C#N)CC1. The summed E-state index contributed by atoms with van der Waals surface area (Å²) in [5.41, 5.74) is 13.4. The van der Waals surface area contributed by atoms with Gasteiger partial charge in [-0.15, -0.1) is 0 Å². The number of piperazine rings is 2. The molecule has 0 radical (unpaired) electrons. The van der Waals surface area contributed by atoms with Gasteiger partial charge in [-0.2, -0.15) is 10.5 Å². The van der Waals surface area contributed by atoms with Gasteiger partial charge in [0.2, 0.25) is 0 Å². The van der Waals surface area contributed by atoms with Gasteiger partial charge >= 0.3 is 0 Å². The molecule has 5 rings (SSSR count). The van der Waals surface area contributed by atoms with Gasteiger partial charge in [-0.05, 0) is 73.3 Å². The number of carbonyl (C=O) groups excluding carboxylic acids is 1. The van der Waals surface area contributed by atoms with Crippen molar-refractivity contribution in [2.45, 2.75) is 26.3 Å². The van der Waals surface area contributed by atoms with Crippen LogP contribution in [-0.4, -0.2) is 74.6 Å². The maximum Gasteiger partial charge on any atom is 0.254 e. The molecule has 42 heavy (non-hydrogen) atoms. The van der Waals surface area contributed by atoms with E-state index in [1.165, 1.54) is 11.1 Å². The topological polar surface area (TPSA) is 104 Å². The van der Waals surface area contributed by atoms with Crippen LogP contribution in [0.15, 0.2) is 60.7 Å². The summed E-state index contributed by atoms with van der Waals surface area (Å²) in [6.45, 7) is 9.64. The highest BCUT2D eigenvalue weighted by atomic mass is 16.2. The first kappa shape index (κ1) is 29.1. The lowest BCUT2D eigenvalue weighted by Gasteiger charge is -2.37. The summed E-state index contributed by atoms with van der Waals surface area (Å²) >= 11 is 0. The number of carbonyl (C=O) groups is 1. The number of nitriles is 2. The average Bonchev–Trinajstić information content (AvgIpc) is 3.04. The summed E-state index contributed by atoms with van der Waals surface area (Å²) in [5.74, 6) is 0.0782. The fourth-order valence-electron chi connectivity index (χ4n) is 6.08. The summed E-state index contributed by atoms with van der Waals surface area (Å²) in [6.07, 6.45) is 1.62. The highest BCUT2D eigenvalue weighted by Crippen LogP contribution is 2.26. The zero-order valence-electron chi connectivity index (χ0n) is 24.4. The Balaban J connectivity index is 1.28. The second-order valence-corrected chi connectivity index (χ2v) is 11.1. The van der Waals surface area contributed by atoms with Gasteiger partial charge in [0.05, 0.1) is 22.5 Å². The van der Waals surface area contributed by atoms with E-state index in [1.807, 2.05) is 53.4 Å². The van der Waals surface area contributed by atoms with Crippen LogP contribution in [0, 0.1) is 29.6 Å². The number of rotatable bonds is 8. The van der Waals surface area contributed by atoms with Gasteiger partial charge in [0.1, 0.15) is 12.1 Å². The lowest BCUT2D eigenvalue weighted by molar-refractivity contribution is 0.0745. The van der Waals surface area contributed by atoms with Crippen LogP contribution < -0.4 is 15.5 Å². The number of para-hydroxylation sites is 2. The number of anilines is 2. The van der Waals surface area contributed by atoms with Crippen molar-refractivity contribution in [3.63, 3.8) is 0 Å². The largest absolute Gasteiger partial charge is 0.368 e. The molecule has 0 spiro atoms. The van der Waals surface area contributed by atoms with Gasteiger partial charge < -0.3 is 20.4 Å². The Kier molecular flexibility index (Phi) is 9.38. The Labute approximate surface area is 249 Å². The summed E-state index contributed by atoms with van der Waals surface area (Å²) in [5, 5.41) is 19.0. The first-order valence-corrected chi connectivity index (χ1v) is 14.8. The third kappa shape index (κ3) is 6.41. The Morgan fingerprint density at radius 2 is 1.33 bits per heavy atom. The van der Waals surface area contributed by atoms with E-state index in [0.29, 0.717) is 43.9 Å². The molecule has 0 saturated carbocycles. The molecule has 216 valence electrons. The zero-order valence-corrected chi connectivity index (χ0v) is 24.4. The monoisotopic (exact) mass is 561 g/mol. The fraction of sp³-hybridized carbons (Fsp3) is 0.382. The number of hydrogen-bond donors (Lipinski definition) is 1. The van der Waals surface area contributed by atoms with Crippen LogP contribution in [0.25, 0.3) is 0 Å². The molecule has 2 fully saturated rings. The van der Waals surface area contributed by atoms with Crippen LogP contribution in [0.4, 0.5) is 11.4 Å². The van der Waals surface area contributed by atoms with Gasteiger partial charge in [0.25, 0.3) is 5.91 Å². The molecule has 0 aromatic heterocycles. The molecular weight excluding hydrogens is 522 g/mol. The van der Waals surface area contributed by atoms with E-state index >= 15 is 0 Å². The molecule has 2 aliphatic rings. The molecule has 0 aliphatic carbocycles. The Hall–Kier alpha value is -4.37. The molecule has 8 nitrogen and oxygen atoms in total. The predicted molar refractivity (Wildman–Crippen MR) is 166 cm³/mol. The third-order valence-electron chi connectivity index (χ3n) is 8.51. The molecule has 2 aliphatic heterocycles. The summed E-state index contributed by atoms with van der Waals surface area (Å²) in [7, 11) is 0. The minimum Gasteiger partial charge on any atom is -0.368 e. The fourth-order valence-corrected chi connectivity index (χ4v) is 6.08. The quantitative estimate of drug-likeness (QED) is 0.445. The van der Waals surface area contributed by atoms with E-state index < -0.39 is 0 Å². The molecular formula is C34H39N7O. The lowest BCUT2D eigenvalue weighted by Crippen LogP contribution is -2.49. The third-order valence-corrected chi connectivity index (χ3v) is 8.51. The van der Waals surface area contributed by atoms with Crippen molar-refractivity contribution in [2.24, 2.45) is 5.73 Å². The minimum absolute atomic E-state index is 0.0782. The van der Waals surface area contributed by atoms with E-state index in [4.69, 9.17) is 5.73 Å². The van der Waals surface area contributed by atoms with E-state index in [9.17, 15) is 15.3 Å². The van der Waals surface area contributed by atoms with E-state index in [-0.39, 0.29) is 5.91 Å². The first-order chi connectivity index (χ1) is 20.5. The molecule has 3 aromatic carbocycles. The average molecular weight is 562 g/mol. The van der Waals surface area contributed by atoms with Crippen molar-refractivity contribution in [3.8, 4) is 12.1 Å². The molecule has 0 bridgehead atoms. The van der Waals surface area contributed by atoms with Gasteiger partial charge in [-0.1, -0.05) is 30.3 Å². The first-order valence-electron chi connectivity index (χ1n) is 14.8.